The van der Waals surface area contributed by atoms with Crippen molar-refractivity contribution < 1.29 is 19.5 Å². The number of carbonyl (C=O) groups is 3. The van der Waals surface area contributed by atoms with Gasteiger partial charge in [0.2, 0.25) is 11.8 Å². The van der Waals surface area contributed by atoms with Gasteiger partial charge >= 0.3 is 5.97 Å². The molecule has 2 amide bonds. The highest BCUT2D eigenvalue weighted by Crippen LogP contribution is 2.43. The minimum absolute atomic E-state index is 0.213. The molecule has 0 radical (unpaired) electrons. The summed E-state index contributed by atoms with van der Waals surface area (Å²) >= 11 is 0. The third kappa shape index (κ3) is 1.64. The first kappa shape index (κ1) is 12.1. The van der Waals surface area contributed by atoms with Crippen LogP contribution in [0.15, 0.2) is 0 Å². The molecule has 17 heavy (non-hydrogen) atoms. The van der Waals surface area contributed by atoms with Crippen LogP contribution >= 0.6 is 0 Å². The summed E-state index contributed by atoms with van der Waals surface area (Å²) in [6.45, 7) is 3.35. The quantitative estimate of drug-likeness (QED) is 0.730. The number of hydrogen-bond donors (Lipinski definition) is 1. The number of amides is 2. The van der Waals surface area contributed by atoms with Crippen molar-refractivity contribution in [2.24, 2.45) is 11.3 Å². The lowest BCUT2D eigenvalue weighted by Gasteiger charge is -2.33. The van der Waals surface area contributed by atoms with Crippen LogP contribution in [0.5, 0.6) is 0 Å². The molecule has 0 aromatic heterocycles. The number of hydrogen-bond acceptors (Lipinski definition) is 3. The molecule has 0 spiro atoms. The van der Waals surface area contributed by atoms with Gasteiger partial charge in [0.05, 0.1) is 11.5 Å². The second-order valence-corrected chi connectivity index (χ2v) is 5.34. The third-order valence-corrected chi connectivity index (χ3v) is 4.12. The molecular weight excluding hydrogens is 222 g/mol. The maximum atomic E-state index is 11.9. The van der Waals surface area contributed by atoms with Gasteiger partial charge in [0.25, 0.3) is 0 Å². The number of carboxylic acids is 1. The molecule has 0 aromatic rings. The minimum Gasteiger partial charge on any atom is -0.481 e. The van der Waals surface area contributed by atoms with Crippen LogP contribution in [0.4, 0.5) is 0 Å². The smallest absolute Gasteiger partial charge is 0.311 e. The predicted molar refractivity (Wildman–Crippen MR) is 59.0 cm³/mol. The first-order valence-corrected chi connectivity index (χ1v) is 5.97. The molecule has 3 unspecified atom stereocenters. The highest BCUT2D eigenvalue weighted by atomic mass is 16.4. The summed E-state index contributed by atoms with van der Waals surface area (Å²) in [5, 5.41) is 9.29. The van der Waals surface area contributed by atoms with E-state index in [4.69, 9.17) is 0 Å². The zero-order valence-corrected chi connectivity index (χ0v) is 10.1. The number of nitrogens with zero attached hydrogens (tertiary/aromatic N) is 1. The summed E-state index contributed by atoms with van der Waals surface area (Å²) in [4.78, 5) is 36.3. The molecule has 1 saturated heterocycles. The normalized spacial score (nSPS) is 37.9. The van der Waals surface area contributed by atoms with E-state index >= 15 is 0 Å². The van der Waals surface area contributed by atoms with E-state index in [-0.39, 0.29) is 24.2 Å². The van der Waals surface area contributed by atoms with Gasteiger partial charge in [0, 0.05) is 12.3 Å². The second kappa shape index (κ2) is 3.82. The fourth-order valence-corrected chi connectivity index (χ4v) is 2.95. The highest BCUT2D eigenvalue weighted by molar-refractivity contribution is 6.04. The SMILES string of the molecule is CC1CC(=O)N(C2CCCC2(C)C(=O)O)C1=O. The Morgan fingerprint density at radius 2 is 2.12 bits per heavy atom. The average molecular weight is 239 g/mol. The fraction of sp³-hybridized carbons (Fsp3) is 0.750. The molecule has 2 fully saturated rings. The molecule has 1 saturated carbocycles. The maximum Gasteiger partial charge on any atom is 0.311 e. The molecule has 2 aliphatic rings. The van der Waals surface area contributed by atoms with Gasteiger partial charge in [-0.15, -0.1) is 0 Å². The zero-order valence-electron chi connectivity index (χ0n) is 10.1. The van der Waals surface area contributed by atoms with E-state index in [0.29, 0.717) is 12.8 Å². The molecule has 0 aromatic carbocycles. The number of likely N-dealkylation sites (tertiary alicyclic amines) is 1. The van der Waals surface area contributed by atoms with Crippen LogP contribution in [0.1, 0.15) is 39.5 Å². The molecule has 1 aliphatic carbocycles. The van der Waals surface area contributed by atoms with Crippen molar-refractivity contribution in [1.29, 1.82) is 0 Å². The van der Waals surface area contributed by atoms with Gasteiger partial charge in [-0.3, -0.25) is 19.3 Å². The molecule has 94 valence electrons. The Bertz CT molecular complexity index is 392. The largest absolute Gasteiger partial charge is 0.481 e. The van der Waals surface area contributed by atoms with E-state index in [1.54, 1.807) is 13.8 Å². The molecule has 1 N–H and O–H groups in total. The minimum atomic E-state index is -0.977. The van der Waals surface area contributed by atoms with Crippen molar-refractivity contribution >= 4 is 17.8 Å². The van der Waals surface area contributed by atoms with Gasteiger partial charge in [0.15, 0.2) is 0 Å². The number of rotatable bonds is 2. The number of carbonyl (C=O) groups excluding carboxylic acids is 2. The summed E-state index contributed by atoms with van der Waals surface area (Å²) in [5.41, 5.74) is -0.977. The summed E-state index contributed by atoms with van der Waals surface area (Å²) in [7, 11) is 0. The Morgan fingerprint density at radius 3 is 2.59 bits per heavy atom. The lowest BCUT2D eigenvalue weighted by molar-refractivity contribution is -0.155. The Kier molecular flexibility index (Phi) is 2.72. The summed E-state index contributed by atoms with van der Waals surface area (Å²) < 4.78 is 0. The maximum absolute atomic E-state index is 11.9. The summed E-state index contributed by atoms with van der Waals surface area (Å²) in [5.74, 6) is -1.66. The van der Waals surface area contributed by atoms with E-state index in [1.165, 1.54) is 4.90 Å². The molecule has 2 rings (SSSR count). The molecular formula is C12H17NO4. The van der Waals surface area contributed by atoms with Crippen LogP contribution in [-0.4, -0.2) is 33.8 Å². The van der Waals surface area contributed by atoms with Crippen LogP contribution in [0.2, 0.25) is 0 Å². The van der Waals surface area contributed by atoms with E-state index in [9.17, 15) is 19.5 Å². The second-order valence-electron chi connectivity index (χ2n) is 5.34. The third-order valence-electron chi connectivity index (χ3n) is 4.12. The van der Waals surface area contributed by atoms with Gasteiger partial charge in [-0.05, 0) is 19.8 Å². The Labute approximate surface area is 99.8 Å². The van der Waals surface area contributed by atoms with Gasteiger partial charge in [-0.1, -0.05) is 13.3 Å². The molecule has 5 heteroatoms. The predicted octanol–water partition coefficient (Wildman–Crippen LogP) is 1.02. The van der Waals surface area contributed by atoms with Crippen molar-refractivity contribution in [3.05, 3.63) is 0 Å². The van der Waals surface area contributed by atoms with Crippen LogP contribution in [0.3, 0.4) is 0 Å². The van der Waals surface area contributed by atoms with E-state index in [1.807, 2.05) is 0 Å². The standard InChI is InChI=1S/C12H17NO4/c1-7-6-9(14)13(10(7)15)8-4-3-5-12(8,2)11(16)17/h7-8H,3-6H2,1-2H3,(H,16,17). The van der Waals surface area contributed by atoms with Crippen molar-refractivity contribution in [3.63, 3.8) is 0 Å². The molecule has 1 heterocycles. The topological polar surface area (TPSA) is 74.7 Å². The zero-order chi connectivity index (χ0) is 12.8. The highest BCUT2D eigenvalue weighted by Gasteiger charge is 2.53. The Hall–Kier alpha value is -1.39. The molecule has 3 atom stereocenters. The van der Waals surface area contributed by atoms with Crippen LogP contribution in [0.25, 0.3) is 0 Å². The first-order valence-electron chi connectivity index (χ1n) is 5.97. The summed E-state index contributed by atoms with van der Waals surface area (Å²) in [6.07, 6.45) is 2.09. The van der Waals surface area contributed by atoms with Crippen molar-refractivity contribution in [2.75, 3.05) is 0 Å². The fourth-order valence-electron chi connectivity index (χ4n) is 2.95. The van der Waals surface area contributed by atoms with Gasteiger partial charge < -0.3 is 5.11 Å². The average Bonchev–Trinajstić information content (AvgIpc) is 2.72. The van der Waals surface area contributed by atoms with Crippen LogP contribution < -0.4 is 0 Å². The number of aliphatic carboxylic acids is 1. The first-order chi connectivity index (χ1) is 7.88. The van der Waals surface area contributed by atoms with Gasteiger partial charge in [0.1, 0.15) is 0 Å². The molecule has 1 aliphatic heterocycles. The number of imide groups is 1. The van der Waals surface area contributed by atoms with Crippen LogP contribution in [0, 0.1) is 11.3 Å². The van der Waals surface area contributed by atoms with Gasteiger partial charge in [-0.2, -0.15) is 0 Å². The molecule has 0 bridgehead atoms. The van der Waals surface area contributed by atoms with E-state index in [0.717, 1.165) is 6.42 Å². The van der Waals surface area contributed by atoms with Crippen molar-refractivity contribution in [2.45, 2.75) is 45.6 Å². The lowest BCUT2D eigenvalue weighted by Crippen LogP contribution is -2.49. The monoisotopic (exact) mass is 239 g/mol. The van der Waals surface area contributed by atoms with E-state index < -0.39 is 17.4 Å². The van der Waals surface area contributed by atoms with Gasteiger partial charge in [-0.25, -0.2) is 0 Å². The van der Waals surface area contributed by atoms with E-state index in [2.05, 4.69) is 0 Å². The lowest BCUT2D eigenvalue weighted by atomic mass is 9.84. The molecule has 5 nitrogen and oxygen atoms in total. The number of carboxylic acid groups (broad SMARTS) is 1. The van der Waals surface area contributed by atoms with Crippen molar-refractivity contribution in [1.82, 2.24) is 4.90 Å². The Balaban J connectivity index is 2.31. The van der Waals surface area contributed by atoms with Crippen molar-refractivity contribution in [3.8, 4) is 0 Å². The summed E-state index contributed by atoms with van der Waals surface area (Å²) in [6, 6.07) is -0.468. The Morgan fingerprint density at radius 1 is 1.47 bits per heavy atom. The van der Waals surface area contributed by atoms with Crippen LogP contribution in [-0.2, 0) is 14.4 Å².